The van der Waals surface area contributed by atoms with Crippen LogP contribution >= 0.6 is 23.2 Å². The first kappa shape index (κ1) is 13.4. The normalized spacial score (nSPS) is 10.2. The van der Waals surface area contributed by atoms with Crippen molar-refractivity contribution in [3.63, 3.8) is 0 Å². The summed E-state index contributed by atoms with van der Waals surface area (Å²) < 4.78 is 10.3. The number of rotatable bonds is 6. The molecule has 0 unspecified atom stereocenters. The molecule has 0 heterocycles. The molecule has 0 fully saturated rings. The number of aliphatic hydroxyl groups excluding tert-OH is 2. The Kier molecular flexibility index (Phi) is 5.69. The molecule has 0 aliphatic carbocycles. The SMILES string of the molecule is OCCOc1ccc(OCCO)c(Cl)c1Cl. The second-order valence-electron chi connectivity index (χ2n) is 2.83. The van der Waals surface area contributed by atoms with Gasteiger partial charge in [0.1, 0.15) is 34.8 Å². The lowest BCUT2D eigenvalue weighted by Gasteiger charge is -2.11. The maximum atomic E-state index is 8.60. The Hall–Kier alpha value is -0.680. The smallest absolute Gasteiger partial charge is 0.139 e. The van der Waals surface area contributed by atoms with Crippen LogP contribution < -0.4 is 9.47 Å². The quantitative estimate of drug-likeness (QED) is 0.824. The van der Waals surface area contributed by atoms with Gasteiger partial charge < -0.3 is 19.7 Å². The van der Waals surface area contributed by atoms with E-state index < -0.39 is 0 Å². The van der Waals surface area contributed by atoms with Crippen molar-refractivity contribution in [1.82, 2.24) is 0 Å². The molecule has 0 radical (unpaired) electrons. The summed E-state index contributed by atoms with van der Waals surface area (Å²) in [5.74, 6) is 0.772. The monoisotopic (exact) mass is 266 g/mol. The van der Waals surface area contributed by atoms with Crippen LogP contribution in [0.1, 0.15) is 0 Å². The van der Waals surface area contributed by atoms with Crippen molar-refractivity contribution in [1.29, 1.82) is 0 Å². The highest BCUT2D eigenvalue weighted by Crippen LogP contribution is 2.38. The Balaban J connectivity index is 2.81. The van der Waals surface area contributed by atoms with Gasteiger partial charge >= 0.3 is 0 Å². The predicted octanol–water partition coefficient (Wildman–Crippen LogP) is 1.74. The second kappa shape index (κ2) is 6.81. The molecule has 4 nitrogen and oxygen atoms in total. The third kappa shape index (κ3) is 3.42. The van der Waals surface area contributed by atoms with Crippen LogP contribution in [-0.2, 0) is 0 Å². The van der Waals surface area contributed by atoms with Crippen LogP contribution in [0, 0.1) is 0 Å². The summed E-state index contributed by atoms with van der Waals surface area (Å²) in [7, 11) is 0. The predicted molar refractivity (Wildman–Crippen MR) is 61.6 cm³/mol. The molecule has 0 atom stereocenters. The Morgan fingerprint density at radius 2 is 1.25 bits per heavy atom. The van der Waals surface area contributed by atoms with Gasteiger partial charge in [-0.1, -0.05) is 23.2 Å². The molecule has 0 spiro atoms. The number of hydrogen-bond donors (Lipinski definition) is 2. The molecule has 0 aliphatic rings. The summed E-state index contributed by atoms with van der Waals surface area (Å²) >= 11 is 11.9. The van der Waals surface area contributed by atoms with Crippen molar-refractivity contribution in [2.45, 2.75) is 0 Å². The average molecular weight is 267 g/mol. The van der Waals surface area contributed by atoms with Gasteiger partial charge in [0.2, 0.25) is 0 Å². The molecule has 6 heteroatoms. The Bertz CT molecular complexity index is 311. The first-order chi connectivity index (χ1) is 7.70. The molecule has 0 bridgehead atoms. The molecule has 1 aromatic carbocycles. The van der Waals surface area contributed by atoms with E-state index >= 15 is 0 Å². The molecule has 0 saturated carbocycles. The standard InChI is InChI=1S/C10H12Cl2O4/c11-9-7(15-5-3-13)1-2-8(10(9)12)16-6-4-14/h1-2,13-14H,3-6H2. The van der Waals surface area contributed by atoms with E-state index in [1.165, 1.54) is 0 Å². The van der Waals surface area contributed by atoms with Gasteiger partial charge in [0.05, 0.1) is 13.2 Å². The first-order valence-corrected chi connectivity index (χ1v) is 5.41. The van der Waals surface area contributed by atoms with Crippen LogP contribution in [-0.4, -0.2) is 36.6 Å². The number of hydrogen-bond acceptors (Lipinski definition) is 4. The van der Waals surface area contributed by atoms with Gasteiger partial charge in [-0.3, -0.25) is 0 Å². The minimum Gasteiger partial charge on any atom is -0.490 e. The van der Waals surface area contributed by atoms with E-state index in [0.29, 0.717) is 11.5 Å². The van der Waals surface area contributed by atoms with E-state index in [4.69, 9.17) is 42.9 Å². The molecule has 2 N–H and O–H groups in total. The fraction of sp³-hybridized carbons (Fsp3) is 0.400. The van der Waals surface area contributed by atoms with Gasteiger partial charge in [-0.25, -0.2) is 0 Å². The van der Waals surface area contributed by atoms with E-state index in [1.807, 2.05) is 0 Å². The van der Waals surface area contributed by atoms with Crippen LogP contribution in [0.4, 0.5) is 0 Å². The number of benzene rings is 1. The summed E-state index contributed by atoms with van der Waals surface area (Å²) in [5.41, 5.74) is 0. The van der Waals surface area contributed by atoms with Crippen molar-refractivity contribution in [3.8, 4) is 11.5 Å². The lowest BCUT2D eigenvalue weighted by molar-refractivity contribution is 0.198. The van der Waals surface area contributed by atoms with Gasteiger partial charge in [0.25, 0.3) is 0 Å². The van der Waals surface area contributed by atoms with E-state index in [-0.39, 0.29) is 36.5 Å². The van der Waals surface area contributed by atoms with Gasteiger partial charge in [0.15, 0.2) is 0 Å². The van der Waals surface area contributed by atoms with Crippen LogP contribution in [0.3, 0.4) is 0 Å². The average Bonchev–Trinajstić information content (AvgIpc) is 2.30. The second-order valence-corrected chi connectivity index (χ2v) is 3.59. The fourth-order valence-corrected chi connectivity index (χ4v) is 1.47. The first-order valence-electron chi connectivity index (χ1n) is 4.66. The topological polar surface area (TPSA) is 58.9 Å². The van der Waals surface area contributed by atoms with Gasteiger partial charge in [0, 0.05) is 0 Å². The van der Waals surface area contributed by atoms with Crippen molar-refractivity contribution in [2.24, 2.45) is 0 Å². The van der Waals surface area contributed by atoms with Gasteiger partial charge in [-0.2, -0.15) is 0 Å². The number of aliphatic hydroxyl groups is 2. The van der Waals surface area contributed by atoms with Crippen LogP contribution in [0.15, 0.2) is 12.1 Å². The van der Waals surface area contributed by atoms with Crippen LogP contribution in [0.5, 0.6) is 11.5 Å². The summed E-state index contributed by atoms with van der Waals surface area (Å²) in [6.07, 6.45) is 0. The highest BCUT2D eigenvalue weighted by Gasteiger charge is 2.11. The van der Waals surface area contributed by atoms with Crippen molar-refractivity contribution < 1.29 is 19.7 Å². The molecule has 0 amide bonds. The fourth-order valence-electron chi connectivity index (χ4n) is 1.05. The summed E-state index contributed by atoms with van der Waals surface area (Å²) in [4.78, 5) is 0. The Labute approximate surface area is 103 Å². The third-order valence-electron chi connectivity index (χ3n) is 1.71. The minimum atomic E-state index is -0.100. The Morgan fingerprint density at radius 1 is 0.875 bits per heavy atom. The molecule has 90 valence electrons. The molecule has 1 rings (SSSR count). The van der Waals surface area contributed by atoms with E-state index in [1.54, 1.807) is 12.1 Å². The van der Waals surface area contributed by atoms with Crippen molar-refractivity contribution >= 4 is 23.2 Å². The number of halogens is 2. The molecule has 0 aromatic heterocycles. The van der Waals surface area contributed by atoms with Gasteiger partial charge in [-0.15, -0.1) is 0 Å². The molecule has 1 aromatic rings. The van der Waals surface area contributed by atoms with E-state index in [2.05, 4.69) is 0 Å². The zero-order valence-corrected chi connectivity index (χ0v) is 9.96. The molecule has 16 heavy (non-hydrogen) atoms. The van der Waals surface area contributed by atoms with Crippen molar-refractivity contribution in [2.75, 3.05) is 26.4 Å². The Morgan fingerprint density at radius 3 is 1.56 bits per heavy atom. The summed E-state index contributed by atoms with van der Waals surface area (Å²) in [6.45, 7) is 0.0905. The molecule has 0 saturated heterocycles. The largest absolute Gasteiger partial charge is 0.490 e. The lowest BCUT2D eigenvalue weighted by Crippen LogP contribution is -2.04. The highest BCUT2D eigenvalue weighted by molar-refractivity contribution is 6.43. The van der Waals surface area contributed by atoms with E-state index in [0.717, 1.165) is 0 Å². The zero-order chi connectivity index (χ0) is 12.0. The van der Waals surface area contributed by atoms with Crippen LogP contribution in [0.25, 0.3) is 0 Å². The zero-order valence-electron chi connectivity index (χ0n) is 8.45. The van der Waals surface area contributed by atoms with Crippen molar-refractivity contribution in [3.05, 3.63) is 22.2 Å². The molecule has 0 aliphatic heterocycles. The minimum absolute atomic E-state index is 0.100. The molecular formula is C10H12Cl2O4. The maximum Gasteiger partial charge on any atom is 0.139 e. The number of ether oxygens (including phenoxy) is 2. The third-order valence-corrected chi connectivity index (χ3v) is 2.56. The highest BCUT2D eigenvalue weighted by atomic mass is 35.5. The van der Waals surface area contributed by atoms with Gasteiger partial charge in [-0.05, 0) is 12.1 Å². The van der Waals surface area contributed by atoms with Crippen LogP contribution in [0.2, 0.25) is 10.0 Å². The maximum absolute atomic E-state index is 8.60. The summed E-state index contributed by atoms with van der Waals surface area (Å²) in [6, 6.07) is 3.19. The molecular weight excluding hydrogens is 255 g/mol. The van der Waals surface area contributed by atoms with E-state index in [9.17, 15) is 0 Å². The lowest BCUT2D eigenvalue weighted by atomic mass is 10.3. The summed E-state index contributed by atoms with van der Waals surface area (Å²) in [5, 5.41) is 17.7.